The number of rotatable bonds is 6. The predicted molar refractivity (Wildman–Crippen MR) is 128 cm³/mol. The SMILES string of the molecule is COc1cc(-c2ccc(-c3ncc(N(C4CC4)[C@@H]4C[C@H]5CCC[C@H](N5)[C@@H]4F)nn3)c(O)c2)cnn1. The molecule has 0 radical (unpaired) electrons. The van der Waals surface area contributed by atoms with Crippen LogP contribution in [-0.4, -0.2) is 67.9 Å². The molecule has 4 atom stereocenters. The summed E-state index contributed by atoms with van der Waals surface area (Å²) in [6, 6.07) is 7.32. The largest absolute Gasteiger partial charge is 0.507 e. The van der Waals surface area contributed by atoms with Gasteiger partial charge in [0.1, 0.15) is 11.9 Å². The van der Waals surface area contributed by atoms with E-state index in [1.54, 1.807) is 30.6 Å². The summed E-state index contributed by atoms with van der Waals surface area (Å²) in [6.45, 7) is 0. The number of methoxy groups -OCH3 is 1. The molecule has 3 aliphatic rings. The number of anilines is 1. The molecule has 2 bridgehead atoms. The molecule has 35 heavy (non-hydrogen) atoms. The van der Waals surface area contributed by atoms with Gasteiger partial charge in [-0.1, -0.05) is 12.5 Å². The molecule has 1 aromatic carbocycles. The summed E-state index contributed by atoms with van der Waals surface area (Å²) in [4.78, 5) is 6.63. The average Bonchev–Trinajstić information content (AvgIpc) is 3.73. The van der Waals surface area contributed by atoms with E-state index in [-0.39, 0.29) is 23.9 Å². The van der Waals surface area contributed by atoms with Gasteiger partial charge in [-0.2, -0.15) is 5.10 Å². The van der Waals surface area contributed by atoms with Crippen molar-refractivity contribution >= 4 is 5.82 Å². The van der Waals surface area contributed by atoms with Gasteiger partial charge >= 0.3 is 0 Å². The summed E-state index contributed by atoms with van der Waals surface area (Å²) in [5.41, 5.74) is 1.99. The van der Waals surface area contributed by atoms with Gasteiger partial charge in [0.05, 0.1) is 31.1 Å². The Morgan fingerprint density at radius 3 is 2.69 bits per heavy atom. The monoisotopic (exact) mass is 477 g/mol. The zero-order valence-corrected chi connectivity index (χ0v) is 19.5. The fourth-order valence-corrected chi connectivity index (χ4v) is 5.44. The highest BCUT2D eigenvalue weighted by atomic mass is 19.1. The number of ether oxygens (including phenoxy) is 1. The zero-order chi connectivity index (χ0) is 23.9. The van der Waals surface area contributed by atoms with Gasteiger partial charge in [-0.05, 0) is 49.8 Å². The Morgan fingerprint density at radius 2 is 1.94 bits per heavy atom. The van der Waals surface area contributed by atoms with Crippen molar-refractivity contribution in [1.29, 1.82) is 0 Å². The standard InChI is InChI=1S/C25H28FN7O2/c1-35-23-10-15(12-28-31-23)14-5-8-18(21(34)9-14)25-27-13-22(30-32-25)33(17-6-7-17)20-11-16-3-2-4-19(29-16)24(20)26/h5,8-10,12-13,16-17,19-20,24,29,34H,2-4,6-7,11H2,1H3/t16-,19+,20-,24+/m1/s1. The molecule has 182 valence electrons. The molecule has 9 nitrogen and oxygen atoms in total. The van der Waals surface area contributed by atoms with E-state index in [1.807, 2.05) is 6.07 Å². The van der Waals surface area contributed by atoms with Gasteiger partial charge in [-0.3, -0.25) is 0 Å². The summed E-state index contributed by atoms with van der Waals surface area (Å²) in [5.74, 6) is 1.34. The van der Waals surface area contributed by atoms with Crippen LogP contribution in [0.15, 0.2) is 36.7 Å². The van der Waals surface area contributed by atoms with Crippen molar-refractivity contribution in [2.75, 3.05) is 12.0 Å². The molecule has 4 heterocycles. The number of hydrogen-bond acceptors (Lipinski definition) is 9. The maximum Gasteiger partial charge on any atom is 0.233 e. The Kier molecular flexibility index (Phi) is 5.68. The molecule has 10 heteroatoms. The number of halogens is 1. The molecule has 3 fully saturated rings. The van der Waals surface area contributed by atoms with Gasteiger partial charge in [0.15, 0.2) is 11.6 Å². The molecule has 2 aromatic heterocycles. The highest BCUT2D eigenvalue weighted by Crippen LogP contribution is 2.39. The first-order valence-corrected chi connectivity index (χ1v) is 12.2. The van der Waals surface area contributed by atoms with Crippen molar-refractivity contribution in [3.8, 4) is 34.1 Å². The lowest BCUT2D eigenvalue weighted by atomic mass is 9.82. The number of aromatic nitrogens is 5. The molecule has 0 amide bonds. The minimum Gasteiger partial charge on any atom is -0.507 e. The van der Waals surface area contributed by atoms with E-state index in [0.29, 0.717) is 29.1 Å². The smallest absolute Gasteiger partial charge is 0.233 e. The first kappa shape index (κ1) is 22.1. The highest BCUT2D eigenvalue weighted by molar-refractivity contribution is 5.72. The summed E-state index contributed by atoms with van der Waals surface area (Å²) in [6.07, 6.45) is 8.23. The van der Waals surface area contributed by atoms with Gasteiger partial charge in [0, 0.05) is 29.8 Å². The number of benzene rings is 1. The van der Waals surface area contributed by atoms with Crippen LogP contribution in [0.1, 0.15) is 38.5 Å². The minimum atomic E-state index is -0.938. The molecule has 1 aliphatic carbocycles. The van der Waals surface area contributed by atoms with Crippen LogP contribution in [-0.2, 0) is 0 Å². The Morgan fingerprint density at radius 1 is 1.06 bits per heavy atom. The van der Waals surface area contributed by atoms with Crippen LogP contribution in [0.5, 0.6) is 11.6 Å². The molecule has 2 saturated heterocycles. The number of phenolic OH excluding ortho intramolecular Hbond substituents is 1. The van der Waals surface area contributed by atoms with Gasteiger partial charge in [-0.15, -0.1) is 15.3 Å². The summed E-state index contributed by atoms with van der Waals surface area (Å²) < 4.78 is 20.6. The number of hydrogen-bond donors (Lipinski definition) is 2. The van der Waals surface area contributed by atoms with Crippen molar-refractivity contribution < 1.29 is 14.2 Å². The van der Waals surface area contributed by atoms with E-state index in [2.05, 4.69) is 35.6 Å². The van der Waals surface area contributed by atoms with E-state index in [9.17, 15) is 5.11 Å². The molecule has 0 spiro atoms. The molecular weight excluding hydrogens is 449 g/mol. The fraction of sp³-hybridized carbons (Fsp3) is 0.480. The van der Waals surface area contributed by atoms with Crippen molar-refractivity contribution in [1.82, 2.24) is 30.7 Å². The number of nitrogens with zero attached hydrogens (tertiary/aromatic N) is 6. The van der Waals surface area contributed by atoms with E-state index < -0.39 is 6.17 Å². The Labute approximate surface area is 202 Å². The van der Waals surface area contributed by atoms with E-state index in [1.165, 1.54) is 7.11 Å². The number of piperidine rings is 2. The Bertz CT molecular complexity index is 1210. The number of phenols is 1. The number of fused-ring (bicyclic) bond motifs is 2. The lowest BCUT2D eigenvalue weighted by Gasteiger charge is -2.47. The molecule has 6 rings (SSSR count). The molecular formula is C25H28FN7O2. The first-order valence-electron chi connectivity index (χ1n) is 12.2. The quantitative estimate of drug-likeness (QED) is 0.553. The molecule has 0 unspecified atom stereocenters. The minimum absolute atomic E-state index is 0.0295. The zero-order valence-electron chi connectivity index (χ0n) is 19.5. The average molecular weight is 478 g/mol. The van der Waals surface area contributed by atoms with Gasteiger partial charge < -0.3 is 20.1 Å². The maximum absolute atomic E-state index is 15.4. The van der Waals surface area contributed by atoms with Crippen molar-refractivity contribution in [3.63, 3.8) is 0 Å². The van der Waals surface area contributed by atoms with Crippen molar-refractivity contribution in [2.45, 2.75) is 68.9 Å². The Hall–Kier alpha value is -3.40. The van der Waals surface area contributed by atoms with E-state index in [4.69, 9.17) is 4.74 Å². The first-order chi connectivity index (χ1) is 17.1. The van der Waals surface area contributed by atoms with Crippen LogP contribution in [0, 0.1) is 0 Å². The van der Waals surface area contributed by atoms with Crippen LogP contribution in [0.25, 0.3) is 22.5 Å². The van der Waals surface area contributed by atoms with Crippen LogP contribution in [0.2, 0.25) is 0 Å². The van der Waals surface area contributed by atoms with Gasteiger partial charge in [-0.25, -0.2) is 9.37 Å². The fourth-order valence-electron chi connectivity index (χ4n) is 5.44. The number of nitrogens with one attached hydrogen (secondary N) is 1. The van der Waals surface area contributed by atoms with E-state index >= 15 is 4.39 Å². The maximum atomic E-state index is 15.4. The normalized spacial score (nSPS) is 25.8. The highest BCUT2D eigenvalue weighted by Gasteiger charge is 2.46. The predicted octanol–water partition coefficient (Wildman–Crippen LogP) is 3.30. The van der Waals surface area contributed by atoms with E-state index in [0.717, 1.165) is 49.7 Å². The second kappa shape index (κ2) is 8.99. The third-order valence-corrected chi connectivity index (χ3v) is 7.32. The third-order valence-electron chi connectivity index (χ3n) is 7.32. The van der Waals surface area contributed by atoms with Gasteiger partial charge in [0.25, 0.3) is 0 Å². The summed E-state index contributed by atoms with van der Waals surface area (Å²) in [7, 11) is 1.53. The number of alkyl halides is 1. The van der Waals surface area contributed by atoms with Gasteiger partial charge in [0.2, 0.25) is 5.88 Å². The molecule has 2 N–H and O–H groups in total. The Balaban J connectivity index is 1.25. The topological polar surface area (TPSA) is 109 Å². The number of aromatic hydroxyl groups is 1. The second-order valence-corrected chi connectivity index (χ2v) is 9.65. The van der Waals surface area contributed by atoms with Crippen LogP contribution in [0.3, 0.4) is 0 Å². The van der Waals surface area contributed by atoms with Crippen LogP contribution >= 0.6 is 0 Å². The van der Waals surface area contributed by atoms with Crippen molar-refractivity contribution in [2.24, 2.45) is 0 Å². The molecule has 2 aliphatic heterocycles. The third kappa shape index (κ3) is 4.27. The van der Waals surface area contributed by atoms with Crippen LogP contribution < -0.4 is 15.0 Å². The van der Waals surface area contributed by atoms with Crippen molar-refractivity contribution in [3.05, 3.63) is 36.7 Å². The lowest BCUT2D eigenvalue weighted by molar-refractivity contribution is 0.104. The summed E-state index contributed by atoms with van der Waals surface area (Å²) in [5, 5.41) is 30.7. The lowest BCUT2D eigenvalue weighted by Crippen LogP contribution is -2.62. The summed E-state index contributed by atoms with van der Waals surface area (Å²) >= 11 is 0. The molecule has 1 saturated carbocycles. The molecule has 3 aromatic rings. The second-order valence-electron chi connectivity index (χ2n) is 9.65. The van der Waals surface area contributed by atoms with Crippen LogP contribution in [0.4, 0.5) is 10.2 Å².